The first-order chi connectivity index (χ1) is 9.70. The second kappa shape index (κ2) is 6.68. The molecule has 0 spiro atoms. The topological polar surface area (TPSA) is 63.6 Å². The van der Waals surface area contributed by atoms with Gasteiger partial charge in [0.2, 0.25) is 0 Å². The van der Waals surface area contributed by atoms with Crippen LogP contribution in [0.15, 0.2) is 47.8 Å². The number of nitrogens with zero attached hydrogens (tertiary/aromatic N) is 2. The van der Waals surface area contributed by atoms with E-state index in [2.05, 4.69) is 15.5 Å². The molecule has 0 atom stereocenters. The summed E-state index contributed by atoms with van der Waals surface area (Å²) in [5, 5.41) is 4.44. The number of pyridine rings is 1. The van der Waals surface area contributed by atoms with Gasteiger partial charge in [0.15, 0.2) is 0 Å². The number of ether oxygens (including phenoxy) is 1. The van der Waals surface area contributed by atoms with Crippen LogP contribution < -0.4 is 10.2 Å². The van der Waals surface area contributed by atoms with Crippen LogP contribution in [0.2, 0.25) is 5.02 Å². The van der Waals surface area contributed by atoms with Crippen molar-refractivity contribution < 1.29 is 9.53 Å². The zero-order chi connectivity index (χ0) is 14.4. The van der Waals surface area contributed by atoms with Crippen LogP contribution in [0.25, 0.3) is 0 Å². The van der Waals surface area contributed by atoms with Gasteiger partial charge in [0.25, 0.3) is 5.91 Å². The molecule has 6 heteroatoms. The van der Waals surface area contributed by atoms with E-state index in [4.69, 9.17) is 16.3 Å². The number of hydrogen-bond acceptors (Lipinski definition) is 4. The van der Waals surface area contributed by atoms with Gasteiger partial charge in [-0.1, -0.05) is 11.6 Å². The first-order valence-electron chi connectivity index (χ1n) is 5.77. The molecule has 1 heterocycles. The molecule has 0 radical (unpaired) electrons. The fraction of sp³-hybridized carbons (Fsp3) is 0.0714. The van der Waals surface area contributed by atoms with E-state index in [0.29, 0.717) is 21.9 Å². The van der Waals surface area contributed by atoms with Gasteiger partial charge in [-0.05, 0) is 30.3 Å². The van der Waals surface area contributed by atoms with Crippen LogP contribution in [0.5, 0.6) is 5.75 Å². The van der Waals surface area contributed by atoms with E-state index in [1.165, 1.54) is 12.4 Å². The van der Waals surface area contributed by atoms with E-state index < -0.39 is 0 Å². The summed E-state index contributed by atoms with van der Waals surface area (Å²) in [6.07, 6.45) is 4.53. The Morgan fingerprint density at radius 2 is 2.30 bits per heavy atom. The van der Waals surface area contributed by atoms with Crippen LogP contribution in [0.4, 0.5) is 0 Å². The number of halogens is 1. The van der Waals surface area contributed by atoms with Crippen molar-refractivity contribution in [1.82, 2.24) is 10.4 Å². The number of benzene rings is 1. The fourth-order valence-electron chi connectivity index (χ4n) is 1.53. The van der Waals surface area contributed by atoms with Gasteiger partial charge in [0, 0.05) is 23.0 Å². The first kappa shape index (κ1) is 14.0. The Hall–Kier alpha value is -2.40. The molecule has 2 aromatic rings. The number of hydrogen-bond donors (Lipinski definition) is 1. The average molecular weight is 290 g/mol. The summed E-state index contributed by atoms with van der Waals surface area (Å²) < 4.78 is 5.17. The molecular weight excluding hydrogens is 278 g/mol. The molecule has 0 aliphatic rings. The molecule has 0 aliphatic heterocycles. The average Bonchev–Trinajstić information content (AvgIpc) is 2.48. The van der Waals surface area contributed by atoms with Crippen molar-refractivity contribution in [2.45, 2.75) is 0 Å². The van der Waals surface area contributed by atoms with Crippen molar-refractivity contribution in [3.63, 3.8) is 0 Å². The minimum absolute atomic E-state index is 0.338. The molecule has 20 heavy (non-hydrogen) atoms. The van der Waals surface area contributed by atoms with Crippen molar-refractivity contribution >= 4 is 23.7 Å². The van der Waals surface area contributed by atoms with Crippen molar-refractivity contribution in [3.05, 3.63) is 58.9 Å². The zero-order valence-electron chi connectivity index (χ0n) is 10.7. The van der Waals surface area contributed by atoms with E-state index in [1.54, 1.807) is 43.6 Å². The predicted octanol–water partition coefficient (Wildman–Crippen LogP) is 2.51. The molecule has 0 fully saturated rings. The minimum Gasteiger partial charge on any atom is -0.496 e. The van der Waals surface area contributed by atoms with Gasteiger partial charge >= 0.3 is 0 Å². The second-order valence-corrected chi connectivity index (χ2v) is 4.26. The Balaban J connectivity index is 2.07. The maximum absolute atomic E-state index is 11.7. The lowest BCUT2D eigenvalue weighted by molar-refractivity contribution is 0.0955. The Morgan fingerprint density at radius 3 is 3.00 bits per heavy atom. The molecule has 5 nitrogen and oxygen atoms in total. The van der Waals surface area contributed by atoms with Crippen molar-refractivity contribution in [1.29, 1.82) is 0 Å². The maximum Gasteiger partial charge on any atom is 0.272 e. The molecular formula is C14H12ClN3O2. The van der Waals surface area contributed by atoms with Crippen molar-refractivity contribution in [3.8, 4) is 5.75 Å². The number of carbonyl (C=O) groups is 1. The SMILES string of the molecule is COc1ccc(Cl)cc1/C=N\NC(=O)c1cccnc1. The lowest BCUT2D eigenvalue weighted by Gasteiger charge is -2.04. The van der Waals surface area contributed by atoms with Gasteiger partial charge in [-0.15, -0.1) is 0 Å². The third-order valence-corrected chi connectivity index (χ3v) is 2.72. The highest BCUT2D eigenvalue weighted by Gasteiger charge is 2.04. The summed E-state index contributed by atoms with van der Waals surface area (Å²) in [7, 11) is 1.55. The monoisotopic (exact) mass is 289 g/mol. The molecule has 0 saturated heterocycles. The summed E-state index contributed by atoms with van der Waals surface area (Å²) in [6, 6.07) is 8.47. The van der Waals surface area contributed by atoms with E-state index in [0.717, 1.165) is 0 Å². The molecule has 1 aromatic carbocycles. The highest BCUT2D eigenvalue weighted by Crippen LogP contribution is 2.20. The lowest BCUT2D eigenvalue weighted by Crippen LogP contribution is -2.17. The molecule has 0 saturated carbocycles. The van der Waals surface area contributed by atoms with Gasteiger partial charge in [0.1, 0.15) is 5.75 Å². The number of nitrogens with one attached hydrogen (secondary N) is 1. The van der Waals surface area contributed by atoms with E-state index >= 15 is 0 Å². The number of carbonyl (C=O) groups excluding carboxylic acids is 1. The quantitative estimate of drug-likeness (QED) is 0.695. The van der Waals surface area contributed by atoms with Crippen LogP contribution in [0.1, 0.15) is 15.9 Å². The Bertz CT molecular complexity index is 630. The van der Waals surface area contributed by atoms with E-state index in [1.807, 2.05) is 0 Å². The van der Waals surface area contributed by atoms with Crippen LogP contribution in [0.3, 0.4) is 0 Å². The summed E-state index contributed by atoms with van der Waals surface area (Å²) in [5.41, 5.74) is 3.52. The number of aromatic nitrogens is 1. The standard InChI is InChI=1S/C14H12ClN3O2/c1-20-13-5-4-12(15)7-11(13)9-17-18-14(19)10-3-2-6-16-8-10/h2-9H,1H3,(H,18,19)/b17-9-. The largest absolute Gasteiger partial charge is 0.496 e. The summed E-state index contributed by atoms with van der Waals surface area (Å²) in [6.45, 7) is 0. The Kier molecular flexibility index (Phi) is 4.68. The Labute approximate surface area is 121 Å². The summed E-state index contributed by atoms with van der Waals surface area (Å²) in [5.74, 6) is 0.282. The fourth-order valence-corrected chi connectivity index (χ4v) is 1.71. The predicted molar refractivity (Wildman–Crippen MR) is 77.3 cm³/mol. The molecule has 1 N–H and O–H groups in total. The molecule has 1 amide bonds. The molecule has 0 unspecified atom stereocenters. The highest BCUT2D eigenvalue weighted by molar-refractivity contribution is 6.30. The molecule has 0 bridgehead atoms. The number of methoxy groups -OCH3 is 1. The van der Waals surface area contributed by atoms with E-state index in [-0.39, 0.29) is 5.91 Å². The third kappa shape index (κ3) is 3.55. The second-order valence-electron chi connectivity index (χ2n) is 3.83. The zero-order valence-corrected chi connectivity index (χ0v) is 11.5. The van der Waals surface area contributed by atoms with Crippen LogP contribution in [0, 0.1) is 0 Å². The summed E-state index contributed by atoms with van der Waals surface area (Å²) >= 11 is 5.90. The van der Waals surface area contributed by atoms with Gasteiger partial charge in [-0.25, -0.2) is 5.43 Å². The lowest BCUT2D eigenvalue weighted by atomic mass is 10.2. The number of rotatable bonds is 4. The highest BCUT2D eigenvalue weighted by atomic mass is 35.5. The van der Waals surface area contributed by atoms with Gasteiger partial charge in [-0.2, -0.15) is 5.10 Å². The molecule has 102 valence electrons. The smallest absolute Gasteiger partial charge is 0.272 e. The summed E-state index contributed by atoms with van der Waals surface area (Å²) in [4.78, 5) is 15.6. The first-order valence-corrected chi connectivity index (χ1v) is 6.15. The van der Waals surface area contributed by atoms with Gasteiger partial charge in [-0.3, -0.25) is 9.78 Å². The minimum atomic E-state index is -0.338. The molecule has 0 aliphatic carbocycles. The van der Waals surface area contributed by atoms with Crippen LogP contribution in [-0.4, -0.2) is 24.2 Å². The van der Waals surface area contributed by atoms with Crippen LogP contribution in [-0.2, 0) is 0 Å². The van der Waals surface area contributed by atoms with Crippen LogP contribution >= 0.6 is 11.6 Å². The van der Waals surface area contributed by atoms with E-state index in [9.17, 15) is 4.79 Å². The van der Waals surface area contributed by atoms with Gasteiger partial charge < -0.3 is 4.74 Å². The normalized spacial score (nSPS) is 10.5. The number of hydrazone groups is 1. The molecule has 1 aromatic heterocycles. The molecule has 2 rings (SSSR count). The van der Waals surface area contributed by atoms with Gasteiger partial charge in [0.05, 0.1) is 18.9 Å². The third-order valence-electron chi connectivity index (χ3n) is 2.49. The maximum atomic E-state index is 11.7. The van der Waals surface area contributed by atoms with Crippen molar-refractivity contribution in [2.24, 2.45) is 5.10 Å². The Morgan fingerprint density at radius 1 is 1.45 bits per heavy atom. The van der Waals surface area contributed by atoms with Crippen molar-refractivity contribution in [2.75, 3.05) is 7.11 Å². The number of amides is 1.